The molecule has 146 valence electrons. The van der Waals surface area contributed by atoms with Crippen molar-refractivity contribution in [2.75, 3.05) is 20.3 Å². The summed E-state index contributed by atoms with van der Waals surface area (Å²) in [7, 11) is 1.58. The standard InChI is InChI=1S/C20H20N2O5S/c1-25-12-16-15-4-2-3-5-17(15)27-18(16)19(23)21-10-11-26-14-8-6-13(7-9-14)20(28)22-24/h2-9,24H,10-12H2,1H3,(H,21,23)(H,22,28). The first-order valence-corrected chi connectivity index (χ1v) is 8.99. The summed E-state index contributed by atoms with van der Waals surface area (Å²) in [4.78, 5) is 12.7. The Morgan fingerprint density at radius 2 is 1.93 bits per heavy atom. The molecule has 0 aliphatic heterocycles. The summed E-state index contributed by atoms with van der Waals surface area (Å²) in [5.41, 5.74) is 3.97. The molecule has 1 aromatic heterocycles. The second-order valence-corrected chi connectivity index (χ2v) is 6.32. The minimum Gasteiger partial charge on any atom is -0.492 e. The first kappa shape index (κ1) is 19.8. The molecule has 2 aromatic carbocycles. The van der Waals surface area contributed by atoms with Gasteiger partial charge in [0.15, 0.2) is 5.76 Å². The van der Waals surface area contributed by atoms with Gasteiger partial charge in [-0.25, -0.2) is 0 Å². The van der Waals surface area contributed by atoms with Crippen LogP contribution in [0.4, 0.5) is 0 Å². The number of carbonyl (C=O) groups is 1. The van der Waals surface area contributed by atoms with E-state index in [-0.39, 0.29) is 29.9 Å². The van der Waals surface area contributed by atoms with Gasteiger partial charge in [-0.2, -0.15) is 0 Å². The van der Waals surface area contributed by atoms with Gasteiger partial charge in [-0.3, -0.25) is 15.5 Å². The molecule has 0 aliphatic carbocycles. The van der Waals surface area contributed by atoms with Crippen LogP contribution in [0.1, 0.15) is 21.7 Å². The molecule has 0 radical (unpaired) electrons. The molecule has 0 saturated carbocycles. The predicted octanol–water partition coefficient (Wildman–Crippen LogP) is 3.04. The number of hydrogen-bond acceptors (Lipinski definition) is 6. The van der Waals surface area contributed by atoms with Crippen LogP contribution in [0.15, 0.2) is 52.9 Å². The number of para-hydroxylation sites is 1. The molecule has 3 N–H and O–H groups in total. The average Bonchev–Trinajstić information content (AvgIpc) is 3.10. The van der Waals surface area contributed by atoms with Crippen LogP contribution >= 0.6 is 12.2 Å². The minimum atomic E-state index is -0.318. The van der Waals surface area contributed by atoms with Crippen molar-refractivity contribution in [3.63, 3.8) is 0 Å². The quantitative estimate of drug-likeness (QED) is 0.304. The zero-order valence-corrected chi connectivity index (χ0v) is 16.0. The van der Waals surface area contributed by atoms with Gasteiger partial charge in [0, 0.05) is 23.6 Å². The van der Waals surface area contributed by atoms with Crippen LogP contribution < -0.4 is 15.5 Å². The molecule has 0 fully saturated rings. The number of ether oxygens (including phenoxy) is 2. The third kappa shape index (κ3) is 4.48. The molecule has 3 rings (SSSR count). The number of furan rings is 1. The maximum atomic E-state index is 12.5. The second kappa shape index (κ2) is 9.32. The van der Waals surface area contributed by atoms with Crippen LogP contribution in [0, 0.1) is 0 Å². The maximum Gasteiger partial charge on any atom is 0.287 e. The fourth-order valence-corrected chi connectivity index (χ4v) is 2.89. The van der Waals surface area contributed by atoms with Gasteiger partial charge in [0.05, 0.1) is 13.2 Å². The highest BCUT2D eigenvalue weighted by Gasteiger charge is 2.19. The molecule has 0 bridgehead atoms. The molecular formula is C20H20N2O5S. The summed E-state index contributed by atoms with van der Waals surface area (Å²) >= 11 is 4.93. The smallest absolute Gasteiger partial charge is 0.287 e. The number of amides is 1. The molecule has 1 heterocycles. The van der Waals surface area contributed by atoms with Crippen molar-refractivity contribution in [1.29, 1.82) is 0 Å². The van der Waals surface area contributed by atoms with Crippen molar-refractivity contribution in [3.05, 3.63) is 65.4 Å². The summed E-state index contributed by atoms with van der Waals surface area (Å²) in [5.74, 6) is 0.557. The molecular weight excluding hydrogens is 380 g/mol. The number of hydroxylamine groups is 1. The highest BCUT2D eigenvalue weighted by atomic mass is 32.1. The topological polar surface area (TPSA) is 93.0 Å². The summed E-state index contributed by atoms with van der Waals surface area (Å²) in [6.45, 7) is 0.876. The van der Waals surface area contributed by atoms with E-state index in [1.165, 1.54) is 0 Å². The van der Waals surface area contributed by atoms with E-state index in [0.717, 1.165) is 10.9 Å². The lowest BCUT2D eigenvalue weighted by molar-refractivity contribution is 0.0915. The minimum absolute atomic E-state index is 0.233. The van der Waals surface area contributed by atoms with Gasteiger partial charge >= 0.3 is 0 Å². The summed E-state index contributed by atoms with van der Waals surface area (Å²) in [5, 5.41) is 12.5. The Kier molecular flexibility index (Phi) is 6.59. The molecule has 0 unspecified atom stereocenters. The highest BCUT2D eigenvalue weighted by Crippen LogP contribution is 2.26. The van der Waals surface area contributed by atoms with Gasteiger partial charge in [0.2, 0.25) is 0 Å². The number of fused-ring (bicyclic) bond motifs is 1. The molecule has 1 amide bonds. The van der Waals surface area contributed by atoms with Gasteiger partial charge in [0.25, 0.3) is 5.91 Å². The monoisotopic (exact) mass is 400 g/mol. The number of carbonyl (C=O) groups excluding carboxylic acids is 1. The van der Waals surface area contributed by atoms with E-state index in [9.17, 15) is 4.79 Å². The van der Waals surface area contributed by atoms with Crippen LogP contribution in [0.5, 0.6) is 5.75 Å². The van der Waals surface area contributed by atoms with Gasteiger partial charge in [-0.15, -0.1) is 0 Å². The third-order valence-corrected chi connectivity index (χ3v) is 4.39. The van der Waals surface area contributed by atoms with Crippen LogP contribution in [0.2, 0.25) is 0 Å². The van der Waals surface area contributed by atoms with E-state index >= 15 is 0 Å². The maximum absolute atomic E-state index is 12.5. The molecule has 7 nitrogen and oxygen atoms in total. The normalized spacial score (nSPS) is 10.6. The van der Waals surface area contributed by atoms with Gasteiger partial charge in [0.1, 0.15) is 22.9 Å². The number of rotatable bonds is 8. The Morgan fingerprint density at radius 3 is 2.64 bits per heavy atom. The van der Waals surface area contributed by atoms with E-state index in [4.69, 9.17) is 31.3 Å². The van der Waals surface area contributed by atoms with Crippen molar-refractivity contribution in [1.82, 2.24) is 10.8 Å². The first-order chi connectivity index (χ1) is 13.6. The van der Waals surface area contributed by atoms with Crippen LogP contribution in [-0.2, 0) is 11.3 Å². The summed E-state index contributed by atoms with van der Waals surface area (Å²) < 4.78 is 16.5. The zero-order valence-electron chi connectivity index (χ0n) is 15.2. The molecule has 0 atom stereocenters. The summed E-state index contributed by atoms with van der Waals surface area (Å²) in [6.07, 6.45) is 0. The summed E-state index contributed by atoms with van der Waals surface area (Å²) in [6, 6.07) is 14.4. The Morgan fingerprint density at radius 1 is 1.18 bits per heavy atom. The SMILES string of the molecule is COCc1c(C(=O)NCCOc2ccc(C(=S)NO)cc2)oc2ccccc12. The Bertz CT molecular complexity index is 968. The van der Waals surface area contributed by atoms with Crippen molar-refractivity contribution >= 4 is 34.1 Å². The number of methoxy groups -OCH3 is 1. The molecule has 0 spiro atoms. The lowest BCUT2D eigenvalue weighted by Crippen LogP contribution is -2.28. The van der Waals surface area contributed by atoms with E-state index < -0.39 is 0 Å². The van der Waals surface area contributed by atoms with Crippen molar-refractivity contribution in [2.24, 2.45) is 0 Å². The Balaban J connectivity index is 1.57. The molecule has 8 heteroatoms. The Hall–Kier alpha value is -2.94. The van der Waals surface area contributed by atoms with Crippen LogP contribution in [0.3, 0.4) is 0 Å². The van der Waals surface area contributed by atoms with Gasteiger partial charge < -0.3 is 19.2 Å². The van der Waals surface area contributed by atoms with E-state index in [1.807, 2.05) is 29.7 Å². The second-order valence-electron chi connectivity index (χ2n) is 5.91. The van der Waals surface area contributed by atoms with Crippen LogP contribution in [0.25, 0.3) is 11.0 Å². The fourth-order valence-electron chi connectivity index (χ4n) is 2.75. The third-order valence-electron chi connectivity index (χ3n) is 4.07. The van der Waals surface area contributed by atoms with Gasteiger partial charge in [-0.05, 0) is 30.3 Å². The number of hydrogen-bond donors (Lipinski definition) is 3. The van der Waals surface area contributed by atoms with Crippen molar-refractivity contribution < 1.29 is 23.9 Å². The average molecular weight is 400 g/mol. The number of nitrogens with one attached hydrogen (secondary N) is 2. The zero-order chi connectivity index (χ0) is 19.9. The lowest BCUT2D eigenvalue weighted by Gasteiger charge is -2.08. The molecule has 3 aromatic rings. The van der Waals surface area contributed by atoms with Crippen molar-refractivity contribution in [3.8, 4) is 5.75 Å². The fraction of sp³-hybridized carbons (Fsp3) is 0.200. The molecule has 0 aliphatic rings. The molecule has 28 heavy (non-hydrogen) atoms. The van der Waals surface area contributed by atoms with Crippen LogP contribution in [-0.4, -0.2) is 36.4 Å². The van der Waals surface area contributed by atoms with E-state index in [1.54, 1.807) is 31.4 Å². The van der Waals surface area contributed by atoms with Crippen molar-refractivity contribution in [2.45, 2.75) is 6.61 Å². The Labute approximate surface area is 167 Å². The lowest BCUT2D eigenvalue weighted by atomic mass is 10.1. The first-order valence-electron chi connectivity index (χ1n) is 8.59. The van der Waals surface area contributed by atoms with E-state index in [2.05, 4.69) is 5.32 Å². The predicted molar refractivity (Wildman–Crippen MR) is 108 cm³/mol. The number of benzene rings is 2. The van der Waals surface area contributed by atoms with E-state index in [0.29, 0.717) is 23.4 Å². The van der Waals surface area contributed by atoms with Gasteiger partial charge in [-0.1, -0.05) is 30.4 Å². The molecule has 0 saturated heterocycles. The number of thiocarbonyl (C=S) groups is 1. The highest BCUT2D eigenvalue weighted by molar-refractivity contribution is 7.80. The largest absolute Gasteiger partial charge is 0.492 e.